The molecule has 1 unspecified atom stereocenters. The van der Waals surface area contributed by atoms with Crippen LogP contribution in [-0.2, 0) is 0 Å². The van der Waals surface area contributed by atoms with Crippen LogP contribution in [0, 0.1) is 0 Å². The highest BCUT2D eigenvalue weighted by molar-refractivity contribution is 5.91. The predicted molar refractivity (Wildman–Crippen MR) is 94.7 cm³/mol. The van der Waals surface area contributed by atoms with Crippen LogP contribution in [0.2, 0.25) is 0 Å². The number of oxazole rings is 1. The molecular formula is C18H33N3O3. The average Bonchev–Trinajstić information content (AvgIpc) is 3.09. The van der Waals surface area contributed by atoms with Crippen molar-refractivity contribution in [2.24, 2.45) is 5.73 Å². The second-order valence-corrected chi connectivity index (χ2v) is 6.30. The minimum Gasteiger partial charge on any atom is -0.446 e. The first kappa shape index (κ1) is 20.6. The highest BCUT2D eigenvalue weighted by Crippen LogP contribution is 2.11. The summed E-state index contributed by atoms with van der Waals surface area (Å²) < 4.78 is 5.09. The number of nitrogens with zero attached hydrogens (tertiary/aromatic N) is 1. The van der Waals surface area contributed by atoms with Crippen LogP contribution in [-0.4, -0.2) is 29.1 Å². The molecule has 0 aliphatic rings. The van der Waals surface area contributed by atoms with E-state index < -0.39 is 6.04 Å². The summed E-state index contributed by atoms with van der Waals surface area (Å²) in [4.78, 5) is 15.9. The molecule has 0 saturated heterocycles. The third-order valence-corrected chi connectivity index (χ3v) is 4.08. The molecule has 6 heteroatoms. The summed E-state index contributed by atoms with van der Waals surface area (Å²) >= 11 is 0. The van der Waals surface area contributed by atoms with Gasteiger partial charge in [0.1, 0.15) is 12.3 Å². The summed E-state index contributed by atoms with van der Waals surface area (Å²) in [5.74, 6) is -0.0762. The number of carbonyl (C=O) groups is 1. The molecule has 0 aliphatic heterocycles. The largest absolute Gasteiger partial charge is 0.446 e. The first-order valence-electron chi connectivity index (χ1n) is 9.29. The van der Waals surface area contributed by atoms with Gasteiger partial charge in [-0.1, -0.05) is 64.7 Å². The van der Waals surface area contributed by atoms with Crippen LogP contribution in [0.25, 0.3) is 0 Å². The van der Waals surface area contributed by atoms with Crippen molar-refractivity contribution in [3.63, 3.8) is 0 Å². The number of nitrogens with two attached hydrogens (primary N) is 1. The summed E-state index contributed by atoms with van der Waals surface area (Å²) in [6.07, 6.45) is 14.0. The first-order chi connectivity index (χ1) is 11.7. The summed E-state index contributed by atoms with van der Waals surface area (Å²) in [5.41, 5.74) is 5.79. The molecule has 1 amide bonds. The van der Waals surface area contributed by atoms with E-state index in [1.165, 1.54) is 57.6 Å². The van der Waals surface area contributed by atoms with E-state index >= 15 is 0 Å². The molecule has 138 valence electrons. The van der Waals surface area contributed by atoms with E-state index in [2.05, 4.69) is 17.2 Å². The third-order valence-electron chi connectivity index (χ3n) is 4.08. The fraction of sp³-hybridized carbons (Fsp3) is 0.778. The number of aliphatic hydroxyl groups excluding tert-OH is 1. The average molecular weight is 339 g/mol. The standard InChI is InChI=1S/C18H33N3O3/c1-2-3-4-5-6-7-8-9-10-11-12-20-17(23)16-14-24-18(21-16)15(19)13-22/h14-15,22H,2-13,19H2,1H3,(H,20,23). The van der Waals surface area contributed by atoms with Crippen molar-refractivity contribution in [2.75, 3.05) is 13.2 Å². The Kier molecular flexibility index (Phi) is 11.1. The van der Waals surface area contributed by atoms with Gasteiger partial charge in [-0.2, -0.15) is 0 Å². The van der Waals surface area contributed by atoms with Gasteiger partial charge in [-0.3, -0.25) is 4.79 Å². The second-order valence-electron chi connectivity index (χ2n) is 6.30. The van der Waals surface area contributed by atoms with Crippen LogP contribution in [0.5, 0.6) is 0 Å². The van der Waals surface area contributed by atoms with Crippen molar-refractivity contribution >= 4 is 5.91 Å². The van der Waals surface area contributed by atoms with Gasteiger partial charge in [-0.15, -0.1) is 0 Å². The van der Waals surface area contributed by atoms with Crippen molar-refractivity contribution in [1.29, 1.82) is 0 Å². The molecule has 1 aromatic heterocycles. The zero-order valence-electron chi connectivity index (χ0n) is 14.9. The van der Waals surface area contributed by atoms with Gasteiger partial charge in [-0.05, 0) is 6.42 Å². The van der Waals surface area contributed by atoms with Gasteiger partial charge in [0.25, 0.3) is 5.91 Å². The number of hydrogen-bond acceptors (Lipinski definition) is 5. The first-order valence-corrected chi connectivity index (χ1v) is 9.29. The monoisotopic (exact) mass is 339 g/mol. The molecule has 0 spiro atoms. The minimum absolute atomic E-state index is 0.182. The maximum absolute atomic E-state index is 11.9. The van der Waals surface area contributed by atoms with Crippen LogP contribution in [0.15, 0.2) is 10.7 Å². The molecule has 0 radical (unpaired) electrons. The van der Waals surface area contributed by atoms with Gasteiger partial charge < -0.3 is 20.6 Å². The van der Waals surface area contributed by atoms with Crippen molar-refractivity contribution in [1.82, 2.24) is 10.3 Å². The van der Waals surface area contributed by atoms with Gasteiger partial charge in [-0.25, -0.2) is 4.98 Å². The van der Waals surface area contributed by atoms with E-state index in [4.69, 9.17) is 15.3 Å². The van der Waals surface area contributed by atoms with Gasteiger partial charge >= 0.3 is 0 Å². The lowest BCUT2D eigenvalue weighted by Gasteiger charge is -2.04. The zero-order valence-corrected chi connectivity index (χ0v) is 14.9. The summed E-state index contributed by atoms with van der Waals surface area (Å²) in [6, 6.07) is -0.687. The number of aliphatic hydroxyl groups is 1. The molecule has 0 fully saturated rings. The van der Waals surface area contributed by atoms with Gasteiger partial charge in [0.05, 0.1) is 6.61 Å². The normalized spacial score (nSPS) is 12.3. The van der Waals surface area contributed by atoms with Gasteiger partial charge in [0.15, 0.2) is 5.69 Å². The topological polar surface area (TPSA) is 101 Å². The molecule has 1 aromatic rings. The maximum atomic E-state index is 11.9. The molecule has 1 atom stereocenters. The molecule has 0 aromatic carbocycles. The lowest BCUT2D eigenvalue weighted by molar-refractivity contribution is 0.0948. The number of nitrogens with one attached hydrogen (secondary N) is 1. The van der Waals surface area contributed by atoms with Crippen LogP contribution in [0.4, 0.5) is 0 Å². The summed E-state index contributed by atoms with van der Waals surface area (Å²) in [5, 5.41) is 11.8. The number of unbranched alkanes of at least 4 members (excludes halogenated alkanes) is 9. The smallest absolute Gasteiger partial charge is 0.273 e. The third kappa shape index (κ3) is 8.45. The highest BCUT2D eigenvalue weighted by Gasteiger charge is 2.15. The Bertz CT molecular complexity index is 448. The van der Waals surface area contributed by atoms with Crippen molar-refractivity contribution < 1.29 is 14.3 Å². The van der Waals surface area contributed by atoms with Crippen LogP contribution >= 0.6 is 0 Å². The molecule has 6 nitrogen and oxygen atoms in total. The Morgan fingerprint density at radius 3 is 2.33 bits per heavy atom. The second kappa shape index (κ2) is 13.0. The lowest BCUT2D eigenvalue weighted by atomic mass is 10.1. The van der Waals surface area contributed by atoms with Crippen LogP contribution in [0.3, 0.4) is 0 Å². The summed E-state index contributed by atoms with van der Waals surface area (Å²) in [7, 11) is 0. The molecule has 0 bridgehead atoms. The van der Waals surface area contributed by atoms with Crippen molar-refractivity contribution in [2.45, 2.75) is 77.2 Å². The van der Waals surface area contributed by atoms with E-state index in [0.29, 0.717) is 6.54 Å². The van der Waals surface area contributed by atoms with E-state index in [-0.39, 0.29) is 24.1 Å². The Morgan fingerprint density at radius 2 is 1.75 bits per heavy atom. The molecule has 4 N–H and O–H groups in total. The molecule has 24 heavy (non-hydrogen) atoms. The quantitative estimate of drug-likeness (QED) is 0.451. The maximum Gasteiger partial charge on any atom is 0.273 e. The number of rotatable bonds is 14. The van der Waals surface area contributed by atoms with E-state index in [0.717, 1.165) is 12.8 Å². The van der Waals surface area contributed by atoms with Crippen LogP contribution < -0.4 is 11.1 Å². The molecule has 0 aliphatic carbocycles. The summed E-state index contributed by atoms with van der Waals surface area (Å²) in [6.45, 7) is 2.62. The molecule has 1 heterocycles. The van der Waals surface area contributed by atoms with Crippen LogP contribution in [0.1, 0.15) is 93.6 Å². The number of carbonyl (C=O) groups excluding carboxylic acids is 1. The zero-order chi connectivity index (χ0) is 17.6. The van der Waals surface area contributed by atoms with E-state index in [1.807, 2.05) is 0 Å². The number of amides is 1. The minimum atomic E-state index is -0.687. The highest BCUT2D eigenvalue weighted by atomic mass is 16.3. The number of aromatic nitrogens is 1. The molecule has 1 rings (SSSR count). The molecular weight excluding hydrogens is 306 g/mol. The van der Waals surface area contributed by atoms with Gasteiger partial charge in [0.2, 0.25) is 5.89 Å². The van der Waals surface area contributed by atoms with Crippen molar-refractivity contribution in [3.8, 4) is 0 Å². The van der Waals surface area contributed by atoms with Crippen molar-refractivity contribution in [3.05, 3.63) is 17.8 Å². The Labute approximate surface area is 145 Å². The number of hydrogen-bond donors (Lipinski definition) is 3. The fourth-order valence-electron chi connectivity index (χ4n) is 2.55. The lowest BCUT2D eigenvalue weighted by Crippen LogP contribution is -2.25. The Balaban J connectivity index is 2.01. The Morgan fingerprint density at radius 1 is 1.17 bits per heavy atom. The van der Waals surface area contributed by atoms with Gasteiger partial charge in [0, 0.05) is 6.54 Å². The fourth-order valence-corrected chi connectivity index (χ4v) is 2.55. The SMILES string of the molecule is CCCCCCCCCCCCNC(=O)c1coc(C(N)CO)n1. The van der Waals surface area contributed by atoms with E-state index in [9.17, 15) is 4.79 Å². The Hall–Kier alpha value is -1.40. The molecule has 0 saturated carbocycles. The predicted octanol–water partition coefficient (Wildman–Crippen LogP) is 3.32. The van der Waals surface area contributed by atoms with E-state index in [1.54, 1.807) is 0 Å².